The summed E-state index contributed by atoms with van der Waals surface area (Å²) in [5.74, 6) is 0. The summed E-state index contributed by atoms with van der Waals surface area (Å²) in [6.07, 6.45) is 0. The van der Waals surface area contributed by atoms with E-state index in [1.54, 1.807) is 11.3 Å². The van der Waals surface area contributed by atoms with Crippen LogP contribution < -0.4 is 5.73 Å². The fourth-order valence-electron chi connectivity index (χ4n) is 0.376. The second-order valence-corrected chi connectivity index (χ2v) is 3.43. The largest absolute Gasteiger partial charge is 0.325 e. The second-order valence-electron chi connectivity index (χ2n) is 1.30. The highest BCUT2D eigenvalue weighted by Crippen LogP contribution is 2.14. The smallest absolute Gasteiger partial charge is 0.159 e. The standard InChI is InChI=1S/C4H5BrN2S.2ClH/c5-4-7-3(1-6)2-8-4;;/h2H,1,6H2;2*1H. The molecule has 0 unspecified atom stereocenters. The number of halogens is 3. The van der Waals surface area contributed by atoms with Gasteiger partial charge in [-0.1, -0.05) is 0 Å². The molecule has 0 spiro atoms. The van der Waals surface area contributed by atoms with Crippen LogP contribution in [0.3, 0.4) is 0 Å². The van der Waals surface area contributed by atoms with Gasteiger partial charge in [-0.05, 0) is 15.9 Å². The van der Waals surface area contributed by atoms with Crippen molar-refractivity contribution >= 4 is 52.1 Å². The number of nitrogens with two attached hydrogens (primary N) is 1. The van der Waals surface area contributed by atoms with Gasteiger partial charge in [0.1, 0.15) is 0 Å². The lowest BCUT2D eigenvalue weighted by atomic mass is 10.5. The van der Waals surface area contributed by atoms with E-state index in [0.717, 1.165) is 9.61 Å². The molecule has 0 saturated heterocycles. The summed E-state index contributed by atoms with van der Waals surface area (Å²) in [5, 5.41) is 1.93. The van der Waals surface area contributed by atoms with Gasteiger partial charge in [0, 0.05) is 11.9 Å². The molecule has 1 rings (SSSR count). The SMILES string of the molecule is Cl.Cl.NCc1csc(Br)n1. The van der Waals surface area contributed by atoms with Crippen molar-refractivity contribution in [2.45, 2.75) is 6.54 Å². The Labute approximate surface area is 84.2 Å². The Morgan fingerprint density at radius 2 is 2.20 bits per heavy atom. The highest BCUT2D eigenvalue weighted by Gasteiger charge is 1.92. The highest BCUT2D eigenvalue weighted by atomic mass is 79.9. The predicted molar refractivity (Wildman–Crippen MR) is 52.2 cm³/mol. The summed E-state index contributed by atoms with van der Waals surface area (Å²) >= 11 is 4.78. The lowest BCUT2D eigenvalue weighted by Gasteiger charge is -1.79. The van der Waals surface area contributed by atoms with E-state index in [2.05, 4.69) is 20.9 Å². The van der Waals surface area contributed by atoms with Crippen LogP contribution in [0.25, 0.3) is 0 Å². The molecule has 0 amide bonds. The molecule has 1 aromatic heterocycles. The first-order valence-electron chi connectivity index (χ1n) is 2.13. The minimum absolute atomic E-state index is 0. The summed E-state index contributed by atoms with van der Waals surface area (Å²) in [4.78, 5) is 4.04. The molecule has 2 nitrogen and oxygen atoms in total. The Bertz CT molecular complexity index is 182. The zero-order valence-electron chi connectivity index (χ0n) is 4.91. The Kier molecular flexibility index (Phi) is 8.44. The maximum atomic E-state index is 5.29. The van der Waals surface area contributed by atoms with Gasteiger partial charge in [-0.25, -0.2) is 4.98 Å². The first-order chi connectivity index (χ1) is 3.83. The van der Waals surface area contributed by atoms with Gasteiger partial charge in [0.05, 0.1) is 5.69 Å². The van der Waals surface area contributed by atoms with Gasteiger partial charge in [0.2, 0.25) is 0 Å². The molecule has 0 bridgehead atoms. The van der Waals surface area contributed by atoms with Crippen LogP contribution in [0.4, 0.5) is 0 Å². The Morgan fingerprint density at radius 1 is 1.60 bits per heavy atom. The van der Waals surface area contributed by atoms with Crippen molar-refractivity contribution in [2.75, 3.05) is 0 Å². The molecule has 0 saturated carbocycles. The first kappa shape index (κ1) is 13.3. The Hall–Kier alpha value is 0.650. The van der Waals surface area contributed by atoms with Gasteiger partial charge in [-0.2, -0.15) is 0 Å². The Balaban J connectivity index is 0. The van der Waals surface area contributed by atoms with Gasteiger partial charge in [-0.3, -0.25) is 0 Å². The zero-order valence-corrected chi connectivity index (χ0v) is 8.95. The van der Waals surface area contributed by atoms with Crippen molar-refractivity contribution in [3.63, 3.8) is 0 Å². The van der Waals surface area contributed by atoms with Crippen molar-refractivity contribution in [2.24, 2.45) is 5.73 Å². The van der Waals surface area contributed by atoms with Crippen LogP contribution in [0.15, 0.2) is 9.30 Å². The van der Waals surface area contributed by atoms with E-state index < -0.39 is 0 Å². The molecule has 10 heavy (non-hydrogen) atoms. The van der Waals surface area contributed by atoms with Crippen LogP contribution in [0.5, 0.6) is 0 Å². The van der Waals surface area contributed by atoms with Gasteiger partial charge in [0.15, 0.2) is 3.92 Å². The van der Waals surface area contributed by atoms with Gasteiger partial charge >= 0.3 is 0 Å². The number of thiazole rings is 1. The fourth-order valence-corrected chi connectivity index (χ4v) is 1.44. The molecular formula is C4H7BrCl2N2S. The van der Waals surface area contributed by atoms with Crippen LogP contribution in [0.1, 0.15) is 5.69 Å². The number of aromatic nitrogens is 1. The van der Waals surface area contributed by atoms with Crippen LogP contribution in [-0.2, 0) is 6.54 Å². The van der Waals surface area contributed by atoms with Crippen LogP contribution >= 0.6 is 52.1 Å². The van der Waals surface area contributed by atoms with E-state index in [1.165, 1.54) is 0 Å². The maximum Gasteiger partial charge on any atom is 0.159 e. The molecule has 0 atom stereocenters. The zero-order chi connectivity index (χ0) is 5.98. The summed E-state index contributed by atoms with van der Waals surface area (Å²) in [5.41, 5.74) is 6.23. The molecule has 60 valence electrons. The van der Waals surface area contributed by atoms with E-state index in [-0.39, 0.29) is 24.8 Å². The number of hydrogen-bond donors (Lipinski definition) is 1. The third kappa shape index (κ3) is 3.73. The van der Waals surface area contributed by atoms with E-state index in [1.807, 2.05) is 5.38 Å². The number of nitrogens with zero attached hydrogens (tertiary/aromatic N) is 1. The van der Waals surface area contributed by atoms with E-state index in [9.17, 15) is 0 Å². The summed E-state index contributed by atoms with van der Waals surface area (Å²) < 4.78 is 0.901. The lowest BCUT2D eigenvalue weighted by molar-refractivity contribution is 1.01. The lowest BCUT2D eigenvalue weighted by Crippen LogP contribution is -1.94. The van der Waals surface area contributed by atoms with Gasteiger partial charge in [-0.15, -0.1) is 36.2 Å². The monoisotopic (exact) mass is 264 g/mol. The average molecular weight is 266 g/mol. The molecule has 2 N–H and O–H groups in total. The maximum absolute atomic E-state index is 5.29. The molecule has 0 radical (unpaired) electrons. The average Bonchev–Trinajstić information content (AvgIpc) is 2.14. The summed E-state index contributed by atoms with van der Waals surface area (Å²) in [6, 6.07) is 0. The minimum Gasteiger partial charge on any atom is -0.325 e. The van der Waals surface area contributed by atoms with Gasteiger partial charge in [0.25, 0.3) is 0 Å². The molecule has 6 heteroatoms. The minimum atomic E-state index is 0. The molecule has 0 aromatic carbocycles. The molecule has 0 fully saturated rings. The fraction of sp³-hybridized carbons (Fsp3) is 0.250. The van der Waals surface area contributed by atoms with Crippen molar-refractivity contribution in [3.05, 3.63) is 15.0 Å². The van der Waals surface area contributed by atoms with Crippen molar-refractivity contribution in [1.29, 1.82) is 0 Å². The molecule has 1 aromatic rings. The molecular weight excluding hydrogens is 259 g/mol. The molecule has 1 heterocycles. The summed E-state index contributed by atoms with van der Waals surface area (Å²) in [6.45, 7) is 0.530. The third-order valence-corrected chi connectivity index (χ3v) is 2.15. The van der Waals surface area contributed by atoms with E-state index >= 15 is 0 Å². The van der Waals surface area contributed by atoms with Crippen molar-refractivity contribution < 1.29 is 0 Å². The van der Waals surface area contributed by atoms with Crippen LogP contribution in [0, 0.1) is 0 Å². The molecule has 0 aliphatic rings. The Morgan fingerprint density at radius 3 is 2.40 bits per heavy atom. The van der Waals surface area contributed by atoms with Crippen molar-refractivity contribution in [1.82, 2.24) is 4.98 Å². The van der Waals surface area contributed by atoms with Crippen molar-refractivity contribution in [3.8, 4) is 0 Å². The second kappa shape index (κ2) is 6.37. The normalized spacial score (nSPS) is 7.80. The predicted octanol–water partition coefficient (Wildman–Crippen LogP) is 2.21. The molecule has 0 aliphatic heterocycles. The number of hydrogen-bond acceptors (Lipinski definition) is 3. The van der Waals surface area contributed by atoms with Crippen LogP contribution in [-0.4, -0.2) is 4.98 Å². The highest BCUT2D eigenvalue weighted by molar-refractivity contribution is 9.11. The first-order valence-corrected chi connectivity index (χ1v) is 3.80. The van der Waals surface area contributed by atoms with Crippen LogP contribution in [0.2, 0.25) is 0 Å². The quantitative estimate of drug-likeness (QED) is 0.846. The third-order valence-electron chi connectivity index (χ3n) is 0.733. The van der Waals surface area contributed by atoms with Gasteiger partial charge < -0.3 is 5.73 Å². The van der Waals surface area contributed by atoms with E-state index in [4.69, 9.17) is 5.73 Å². The topological polar surface area (TPSA) is 38.9 Å². The van der Waals surface area contributed by atoms with E-state index in [0.29, 0.717) is 6.54 Å². The number of rotatable bonds is 1. The summed E-state index contributed by atoms with van der Waals surface area (Å²) in [7, 11) is 0. The molecule has 0 aliphatic carbocycles.